The van der Waals surface area contributed by atoms with Crippen molar-refractivity contribution in [1.29, 1.82) is 0 Å². The molecule has 5 heterocycles. The number of carbonyl (C=O) groups is 8. The highest BCUT2D eigenvalue weighted by molar-refractivity contribution is 7.41. The third kappa shape index (κ3) is 22.9. The standard InChI is InChI=1S/C109H107N12O22P.H3N/c1-6-55-138-144(139-64-93-90(142-98(124)51-38-66(2)122)56-97(141-93)121-65-112-99-100(121)117-104(118-103(99)127)116-95(123)37-22-53-119(3)108(131)136-62-88-84-35-20-14-29-78(84)79-30-15-21-36-85(79)88)143-91-57-96(140-92(91)63-137-109(69-23-8-7-9-24-69,70-43-47-72(132-4)48-44-70)71-45-49-73(133-5)50-46-71)120-54-52-94(115-105(120)128)114-101(125)68-41-39-67(40-42-68)58-110-102(126)89(113-107(130)135-61-87-82-33-18-12-27-76(82)77-28-13-19-34-83(77)87)59-111-106(129)134-60-86-80-31-16-10-25-74(80)75-26-11-17-32-81(75)86;/h7-21,23-36,39-50,52,54,65,86-93,96-97H,6,22,37-38,51,53,55-64H2,1-5H3,(H,110,126)(H,111,129)(H,113,130)(H,114,115,125,128)(H2,116,117,118,123,127);1H3/t89?,90?,91?,92-,93-,96-,97-,144?;/m1./s1. The van der Waals surface area contributed by atoms with Crippen LogP contribution in [0.3, 0.4) is 0 Å². The summed E-state index contributed by atoms with van der Waals surface area (Å²) < 4.78 is 78.9. The Morgan fingerprint density at radius 3 is 1.59 bits per heavy atom. The van der Waals surface area contributed by atoms with Gasteiger partial charge in [-0.3, -0.25) is 43.4 Å². The van der Waals surface area contributed by atoms with Gasteiger partial charge in [0.05, 0.1) is 59.4 Å². The van der Waals surface area contributed by atoms with E-state index < -0.39 is 110 Å². The second-order valence-electron chi connectivity index (χ2n) is 35.5. The number of aromatic amines is 1. The smallest absolute Gasteiger partial charge is 0.409 e. The van der Waals surface area contributed by atoms with Crippen LogP contribution >= 0.6 is 8.60 Å². The molecule has 9 N–H and O–H groups in total. The SMILES string of the molecule is CCCOP(OC[C@H]1O[C@@H](n2cnc3c(=O)[nH]c(NC(=O)CCCN(C)C(=O)OCC4c5ccccc5-c5ccccc54)nc32)CC1OC(=O)CCC(C)=O)OC1C[C@H](n2ccc(NC(=O)c3ccc(CNC(=O)C(CNC(=O)OCC4c5ccccc5-c5ccccc54)NC(=O)OCC4c5ccccc5-c5ccccc54)cc3)nc2=O)O[C@@H]1COC(c1ccccc1)(c1ccc(OC)cc1)c1ccc(OC)cc1.N. The van der Waals surface area contributed by atoms with E-state index in [0.717, 1.165) is 72.3 Å². The number of nitrogens with one attached hydrogen (secondary N) is 6. The van der Waals surface area contributed by atoms with E-state index in [2.05, 4.69) is 58.7 Å². The van der Waals surface area contributed by atoms with Crippen molar-refractivity contribution in [2.45, 2.75) is 132 Å². The van der Waals surface area contributed by atoms with Crippen LogP contribution < -0.4 is 53.5 Å². The first-order valence-electron chi connectivity index (χ1n) is 47.7. The number of anilines is 2. The molecule has 3 aromatic heterocycles. The summed E-state index contributed by atoms with van der Waals surface area (Å²) in [6.07, 6.45) is -5.68. The Bertz CT molecular complexity index is 6810. The fraction of sp³-hybridized carbons (Fsp3) is 0.294. The van der Waals surface area contributed by atoms with E-state index in [4.69, 9.17) is 56.2 Å². The number of ketones is 1. The van der Waals surface area contributed by atoms with Crippen LogP contribution in [0.1, 0.15) is 155 Å². The molecule has 6 amide bonds. The van der Waals surface area contributed by atoms with Crippen molar-refractivity contribution in [3.63, 3.8) is 0 Å². The first-order chi connectivity index (χ1) is 70.1. The summed E-state index contributed by atoms with van der Waals surface area (Å²) >= 11 is 0. The van der Waals surface area contributed by atoms with Crippen molar-refractivity contribution in [3.8, 4) is 44.9 Å². The lowest BCUT2D eigenvalue weighted by atomic mass is 9.80. The summed E-state index contributed by atoms with van der Waals surface area (Å²) in [5.74, 6) is -2.56. The van der Waals surface area contributed by atoms with Gasteiger partial charge in [0, 0.05) is 75.3 Å². The number of hydrogen-bond acceptors (Lipinski definition) is 26. The Kier molecular flexibility index (Phi) is 32.3. The molecule has 2 aliphatic heterocycles. The summed E-state index contributed by atoms with van der Waals surface area (Å²) in [5.41, 5.74) is 12.3. The number of hydrogen-bond donors (Lipinski definition) is 7. The van der Waals surface area contributed by atoms with Gasteiger partial charge >= 0.3 is 38.5 Å². The van der Waals surface area contributed by atoms with Crippen LogP contribution in [-0.2, 0) is 78.1 Å². The zero-order valence-electron chi connectivity index (χ0n) is 80.3. The zero-order valence-corrected chi connectivity index (χ0v) is 81.2. The highest BCUT2D eigenvalue weighted by atomic mass is 31.2. The number of fused-ring (bicyclic) bond motifs is 10. The van der Waals surface area contributed by atoms with Gasteiger partial charge in [-0.25, -0.2) is 24.2 Å². The Hall–Kier alpha value is -15.5. The lowest BCUT2D eigenvalue weighted by Gasteiger charge is -2.37. The Morgan fingerprint density at radius 2 is 1.06 bits per heavy atom. The summed E-state index contributed by atoms with van der Waals surface area (Å²) in [7, 11) is 2.29. The van der Waals surface area contributed by atoms with Gasteiger partial charge in [-0.1, -0.05) is 219 Å². The number of rotatable bonds is 41. The Morgan fingerprint density at radius 1 is 0.545 bits per heavy atom. The maximum atomic E-state index is 14.7. The van der Waals surface area contributed by atoms with Gasteiger partial charge in [-0.15, -0.1) is 0 Å². The van der Waals surface area contributed by atoms with Gasteiger partial charge < -0.3 is 93.3 Å². The van der Waals surface area contributed by atoms with Crippen molar-refractivity contribution >= 4 is 79.3 Å². The average Bonchev–Trinajstić information content (AvgIpc) is 1.77. The van der Waals surface area contributed by atoms with Crippen molar-refractivity contribution < 1.29 is 94.6 Å². The number of nitrogens with zero attached hydrogens (tertiary/aromatic N) is 6. The number of H-pyrrole nitrogens is 1. The first kappa shape index (κ1) is 101. The first-order valence-corrected chi connectivity index (χ1v) is 48.8. The molecule has 36 heteroatoms. The van der Waals surface area contributed by atoms with Crippen molar-refractivity contribution in [2.24, 2.45) is 0 Å². The summed E-state index contributed by atoms with van der Waals surface area (Å²) in [5, 5.41) is 13.6. The molecule has 0 bridgehead atoms. The molecule has 5 aliphatic rings. The van der Waals surface area contributed by atoms with E-state index >= 15 is 0 Å². The molecule has 3 aliphatic carbocycles. The van der Waals surface area contributed by atoms with Crippen LogP contribution in [0.4, 0.5) is 26.1 Å². The van der Waals surface area contributed by atoms with Crippen LogP contribution in [0, 0.1) is 0 Å². The van der Waals surface area contributed by atoms with Crippen LogP contribution in [0.15, 0.2) is 277 Å². The third-order valence-corrected chi connectivity index (χ3v) is 27.5. The van der Waals surface area contributed by atoms with Gasteiger partial charge in [-0.2, -0.15) is 9.97 Å². The Labute approximate surface area is 835 Å². The largest absolute Gasteiger partial charge is 0.497 e. The molecular weight excluding hydrogens is 1870 g/mol. The molecule has 8 atom stereocenters. The van der Waals surface area contributed by atoms with Crippen LogP contribution in [-0.4, -0.2) is 186 Å². The maximum Gasteiger partial charge on any atom is 0.409 e. The number of benzene rings is 10. The fourth-order valence-electron chi connectivity index (χ4n) is 19.0. The third-order valence-electron chi connectivity index (χ3n) is 26.3. The zero-order chi connectivity index (χ0) is 99.9. The number of ether oxygens (including phenoxy) is 9. The predicted molar refractivity (Wildman–Crippen MR) is 538 cm³/mol. The number of esters is 1. The van der Waals surface area contributed by atoms with Crippen LogP contribution in [0.5, 0.6) is 11.5 Å². The molecule has 35 nitrogen and oxygen atoms in total. The summed E-state index contributed by atoms with van der Waals surface area (Å²) in [4.78, 5) is 155. The van der Waals surface area contributed by atoms with E-state index in [1.807, 2.05) is 219 Å². The lowest BCUT2D eigenvalue weighted by molar-refractivity contribution is -0.153. The summed E-state index contributed by atoms with van der Waals surface area (Å²) in [6.45, 7) is 2.58. The second kappa shape index (κ2) is 46.3. The minimum absolute atomic E-state index is 0. The number of alkyl carbamates (subject to hydrolysis) is 2. The topological polar surface area (TPSA) is 444 Å². The maximum absolute atomic E-state index is 14.7. The van der Waals surface area contributed by atoms with Gasteiger partial charge in [0.25, 0.3) is 11.5 Å². The van der Waals surface area contributed by atoms with E-state index in [9.17, 15) is 47.9 Å². The molecule has 18 rings (SSSR count). The summed E-state index contributed by atoms with van der Waals surface area (Å²) in [6, 6.07) is 78.6. The molecule has 0 saturated carbocycles. The minimum Gasteiger partial charge on any atom is -0.497 e. The minimum atomic E-state index is -2.44. The molecule has 4 unspecified atom stereocenters. The molecule has 2 fully saturated rings. The molecule has 748 valence electrons. The van der Waals surface area contributed by atoms with E-state index in [0.29, 0.717) is 34.6 Å². The quantitative estimate of drug-likeness (QED) is 0.00810. The number of amides is 6. The number of carbonyl (C=O) groups excluding carboxylic acids is 8. The Balaban J connectivity index is 0.0000144. The van der Waals surface area contributed by atoms with Gasteiger partial charge in [0.15, 0.2) is 11.2 Å². The monoisotopic (exact) mass is 1980 g/mol. The van der Waals surface area contributed by atoms with Crippen molar-refractivity contribution in [3.05, 3.63) is 349 Å². The molecule has 2 saturated heterocycles. The lowest BCUT2D eigenvalue weighted by Crippen LogP contribution is -2.52. The molecule has 145 heavy (non-hydrogen) atoms. The van der Waals surface area contributed by atoms with Gasteiger partial charge in [0.2, 0.25) is 17.8 Å². The van der Waals surface area contributed by atoms with Crippen molar-refractivity contribution in [2.75, 3.05) is 84.6 Å². The normalized spacial score (nSPS) is 16.8. The highest BCUT2D eigenvalue weighted by Gasteiger charge is 2.47. The highest BCUT2D eigenvalue weighted by Crippen LogP contribution is 2.52. The number of Topliss-reactive ketones (excluding diaryl/α,β-unsaturated/α-hetero) is 1. The number of methoxy groups -OCH3 is 2. The van der Waals surface area contributed by atoms with E-state index in [1.54, 1.807) is 33.4 Å². The second-order valence-corrected chi connectivity index (χ2v) is 36.7. The van der Waals surface area contributed by atoms with Crippen LogP contribution in [0.2, 0.25) is 0 Å². The molecule has 10 aromatic carbocycles. The van der Waals surface area contributed by atoms with E-state index in [-0.39, 0.29) is 156 Å². The number of imidazole rings is 1. The van der Waals surface area contributed by atoms with E-state index in [1.165, 1.54) is 51.7 Å². The molecule has 0 spiro atoms. The number of aromatic nitrogens is 6. The van der Waals surface area contributed by atoms with Gasteiger partial charge in [-0.05, 0) is 151 Å². The molecular formula is C109H110N13O22P. The van der Waals surface area contributed by atoms with Crippen LogP contribution in [0.25, 0.3) is 44.5 Å². The molecule has 0 radical (unpaired) electrons. The van der Waals surface area contributed by atoms with Gasteiger partial charge in [0.1, 0.15) is 85.3 Å². The molecule has 13 aromatic rings. The fourth-order valence-corrected chi connectivity index (χ4v) is 20.3. The average molecular weight is 1990 g/mol. The predicted octanol–water partition coefficient (Wildman–Crippen LogP) is 16.4. The van der Waals surface area contributed by atoms with Crippen molar-refractivity contribution in [1.82, 2.24) is 56.1 Å².